The molecular weight excluding hydrogens is 354 g/mol. The molecule has 19 heavy (non-hydrogen) atoms. The molecule has 0 aromatic heterocycles. The summed E-state index contributed by atoms with van der Waals surface area (Å²) in [6, 6.07) is 0. The Hall–Kier alpha value is 1.56. The number of rotatable bonds is 0. The third-order valence-corrected chi connectivity index (χ3v) is 0. The van der Waals surface area contributed by atoms with E-state index in [1.807, 2.05) is 0 Å². The molecule has 0 aliphatic rings. The topological polar surface area (TPSA) is 453 Å². The van der Waals surface area contributed by atoms with Gasteiger partial charge in [-0.25, -0.2) is 0 Å². The maximum Gasteiger partial charge on any atom is 1.00 e. The van der Waals surface area contributed by atoms with E-state index in [2.05, 4.69) is 0 Å². The van der Waals surface area contributed by atoms with Gasteiger partial charge in [-0.05, 0) is 0 Å². The summed E-state index contributed by atoms with van der Waals surface area (Å²) in [6.07, 6.45) is 0. The third kappa shape index (κ3) is 2480. The van der Waals surface area contributed by atoms with Gasteiger partial charge in [-0.3, -0.25) is 9.11 Å². The largest absolute Gasteiger partial charge is 1.00 e. The quantitative estimate of drug-likeness (QED) is 0.303. The van der Waals surface area contributed by atoms with Crippen LogP contribution in [0, 0.1) is 0 Å². The zero-order valence-corrected chi connectivity index (χ0v) is 13.1. The summed E-state index contributed by atoms with van der Waals surface area (Å²) in [5.41, 5.74) is 0. The molecule has 26 N–H and O–H groups in total. The first-order valence-electron chi connectivity index (χ1n) is 0.698. The zero-order valence-electron chi connectivity index (χ0n) is 10.1. The van der Waals surface area contributed by atoms with E-state index in [-0.39, 0.29) is 136 Å². The zero-order chi connectivity index (χ0) is 4.50. The summed E-state index contributed by atoms with van der Waals surface area (Å²) >= 11 is 0. The van der Waals surface area contributed by atoms with Crippen molar-refractivity contribution in [1.29, 1.82) is 0 Å². The second kappa shape index (κ2) is 118. The fourth-order valence-electron chi connectivity index (χ4n) is 0. The van der Waals surface area contributed by atoms with Crippen LogP contribution < -0.4 is 51.4 Å². The van der Waals surface area contributed by atoms with E-state index < -0.39 is 10.4 Å². The molecule has 0 bridgehead atoms. The van der Waals surface area contributed by atoms with Gasteiger partial charge in [0.2, 0.25) is 0 Å². The molecule has 0 aromatic rings. The third-order valence-electron chi connectivity index (χ3n) is 0. The maximum absolute atomic E-state index is 8.74. The van der Waals surface area contributed by atoms with Crippen LogP contribution in [0.15, 0.2) is 0 Å². The monoisotopic (exact) mass is 384 g/mol. The molecule has 0 heterocycles. The van der Waals surface area contributed by atoms with Gasteiger partial charge in [-0.2, -0.15) is 8.42 Å². The van der Waals surface area contributed by atoms with Crippen LogP contribution in [0.5, 0.6) is 0 Å². The van der Waals surface area contributed by atoms with Crippen molar-refractivity contribution in [3.05, 3.63) is 0 Å². The van der Waals surface area contributed by atoms with Crippen molar-refractivity contribution in [2.75, 3.05) is 0 Å². The van der Waals surface area contributed by atoms with Crippen molar-refractivity contribution in [2.24, 2.45) is 0 Å². The van der Waals surface area contributed by atoms with Crippen molar-refractivity contribution < 1.29 is 136 Å². The first-order valence-corrected chi connectivity index (χ1v) is 2.10. The van der Waals surface area contributed by atoms with Gasteiger partial charge in [0.15, 0.2) is 17.4 Å². The Bertz CT molecular complexity index is 106. The molecule has 0 aromatic carbocycles. The molecule has 0 saturated carbocycles. The second-order valence-electron chi connectivity index (χ2n) is 0.448. The van der Waals surface area contributed by atoms with Gasteiger partial charge in [0.1, 0.15) is 0 Å². The average molecular weight is 384 g/mol. The van der Waals surface area contributed by atoms with Crippen LogP contribution in [0.1, 0.15) is 1.43 Å². The minimum absolute atomic E-state index is 0. The molecule has 0 spiro atoms. The summed E-state index contributed by atoms with van der Waals surface area (Å²) in [5.74, 6) is 0. The van der Waals surface area contributed by atoms with E-state index in [9.17, 15) is 0 Å². The van der Waals surface area contributed by atoms with Crippen LogP contribution in [0.2, 0.25) is 0 Å². The second-order valence-corrected chi connectivity index (χ2v) is 1.34. The first-order chi connectivity index (χ1) is 2.00. The van der Waals surface area contributed by atoms with Gasteiger partial charge in [0.25, 0.3) is 0 Å². The molecule has 0 rings (SSSR count). The minimum Gasteiger partial charge on any atom is -1.00 e. The Balaban J connectivity index is -0.000000000762. The van der Waals surface area contributed by atoms with E-state index in [1.54, 1.807) is 0 Å². The summed E-state index contributed by atoms with van der Waals surface area (Å²) < 4.78 is 31.6. The minimum atomic E-state index is -4.67. The molecule has 0 amide bonds. The number of hydrogen-bond acceptors (Lipinski definition) is 2. The molecular formula is H30AlKO16S. The molecule has 19 heteroatoms. The van der Waals surface area contributed by atoms with Crippen molar-refractivity contribution in [2.45, 2.75) is 0 Å². The Labute approximate surface area is 162 Å². The van der Waals surface area contributed by atoms with E-state index in [0.717, 1.165) is 0 Å². The molecule has 0 aliphatic carbocycles. The molecule has 0 saturated heterocycles. The molecule has 0 unspecified atom stereocenters. The van der Waals surface area contributed by atoms with Crippen LogP contribution in [-0.4, -0.2) is 101 Å². The van der Waals surface area contributed by atoms with Gasteiger partial charge >= 0.3 is 61.8 Å². The van der Waals surface area contributed by atoms with Crippen LogP contribution >= 0.6 is 0 Å². The molecule has 0 radical (unpaired) electrons. The van der Waals surface area contributed by atoms with Crippen molar-refractivity contribution >= 4 is 27.8 Å². The van der Waals surface area contributed by atoms with Crippen molar-refractivity contribution in [3.8, 4) is 0 Å². The predicted molar refractivity (Wildman–Crippen MR) is 68.6 cm³/mol. The van der Waals surface area contributed by atoms with E-state index in [0.29, 0.717) is 0 Å². The van der Waals surface area contributed by atoms with Crippen molar-refractivity contribution in [3.63, 3.8) is 0 Å². The Morgan fingerprint density at radius 3 is 0.526 bits per heavy atom. The van der Waals surface area contributed by atoms with Gasteiger partial charge in [0, 0.05) is 0 Å². The van der Waals surface area contributed by atoms with Crippen LogP contribution in [0.4, 0.5) is 0 Å². The van der Waals surface area contributed by atoms with E-state index in [1.165, 1.54) is 0 Å². The van der Waals surface area contributed by atoms with Crippen LogP contribution in [-0.2, 0) is 10.4 Å². The Morgan fingerprint density at radius 2 is 0.526 bits per heavy atom. The standard InChI is InChI=1S/Al.K.H2O4S.12H2O.4H/c;;1-5(2,3)4;;;;;;;;;;;;;;;;/h;;(H2,1,2,3,4);12*1H2;;;;/q;+1;;;;;;;;;;;;;;;;;-1. The van der Waals surface area contributed by atoms with E-state index in [4.69, 9.17) is 17.5 Å². The normalized spacial score (nSPS) is 3.05. The van der Waals surface area contributed by atoms with Gasteiger partial charge in [-0.1, -0.05) is 0 Å². The smallest absolute Gasteiger partial charge is 1.00 e. The van der Waals surface area contributed by atoms with Crippen molar-refractivity contribution in [1.82, 2.24) is 0 Å². The van der Waals surface area contributed by atoms with Crippen LogP contribution in [0.25, 0.3) is 0 Å². The molecule has 0 aliphatic heterocycles. The molecule has 136 valence electrons. The SMILES string of the molecule is O.O.O.O.O.O.O.O.O.O.O.O.O=S(=O)(O)O.[AlH3].[H-].[K+]. The Kier molecular flexibility index (Phi) is 1580. The predicted octanol–water partition coefficient (Wildman–Crippen LogP) is -14.6. The van der Waals surface area contributed by atoms with Crippen LogP contribution in [0.3, 0.4) is 0 Å². The summed E-state index contributed by atoms with van der Waals surface area (Å²) in [6.45, 7) is 0. The first kappa shape index (κ1) is 255. The van der Waals surface area contributed by atoms with Gasteiger partial charge in [0.05, 0.1) is 0 Å². The van der Waals surface area contributed by atoms with E-state index >= 15 is 0 Å². The number of hydrogen-bond donors (Lipinski definition) is 2. The summed E-state index contributed by atoms with van der Waals surface area (Å²) in [4.78, 5) is 0. The Morgan fingerprint density at radius 1 is 0.526 bits per heavy atom. The molecule has 0 fully saturated rings. The summed E-state index contributed by atoms with van der Waals surface area (Å²) in [7, 11) is -4.67. The van der Waals surface area contributed by atoms with Gasteiger partial charge in [-0.15, -0.1) is 0 Å². The van der Waals surface area contributed by atoms with Gasteiger partial charge < -0.3 is 67.1 Å². The maximum atomic E-state index is 8.74. The molecule has 16 nitrogen and oxygen atoms in total. The molecule has 0 atom stereocenters. The fourth-order valence-corrected chi connectivity index (χ4v) is 0. The fraction of sp³-hybridized carbons (Fsp3) is 0. The average Bonchev–Trinajstić information content (AvgIpc) is 0.722. The summed E-state index contributed by atoms with van der Waals surface area (Å²) in [5, 5.41) is 0.